The van der Waals surface area contributed by atoms with Crippen LogP contribution in [0.5, 0.6) is 5.75 Å². The Balaban J connectivity index is 2.25. The van der Waals surface area contributed by atoms with E-state index in [1.165, 1.54) is 0 Å². The molecule has 5 nitrogen and oxygen atoms in total. The Labute approximate surface area is 129 Å². The van der Waals surface area contributed by atoms with Crippen LogP contribution in [0.2, 0.25) is 0 Å². The van der Waals surface area contributed by atoms with Crippen molar-refractivity contribution in [3.8, 4) is 22.7 Å². The van der Waals surface area contributed by atoms with Gasteiger partial charge in [-0.3, -0.25) is 0 Å². The van der Waals surface area contributed by atoms with E-state index in [1.54, 1.807) is 11.8 Å². The zero-order valence-electron chi connectivity index (χ0n) is 12.7. The second-order valence-corrected chi connectivity index (χ2v) is 5.04. The predicted octanol–water partition coefficient (Wildman–Crippen LogP) is 2.71. The molecule has 2 N–H and O–H groups in total. The smallest absolute Gasteiger partial charge is 0.144 e. The summed E-state index contributed by atoms with van der Waals surface area (Å²) in [6, 6.07) is 16.0. The minimum atomic E-state index is 0.332. The van der Waals surface area contributed by atoms with Crippen LogP contribution >= 0.6 is 0 Å². The summed E-state index contributed by atoms with van der Waals surface area (Å²) >= 11 is 0. The average molecular weight is 294 g/mol. The number of hydrogen-bond acceptors (Lipinski definition) is 4. The molecule has 0 amide bonds. The van der Waals surface area contributed by atoms with Crippen molar-refractivity contribution in [1.82, 2.24) is 15.0 Å². The van der Waals surface area contributed by atoms with Crippen molar-refractivity contribution in [1.29, 1.82) is 0 Å². The van der Waals surface area contributed by atoms with Gasteiger partial charge in [-0.15, -0.1) is 5.10 Å². The number of aromatic nitrogens is 3. The summed E-state index contributed by atoms with van der Waals surface area (Å²) in [6.45, 7) is 2.37. The van der Waals surface area contributed by atoms with Gasteiger partial charge in [-0.25, -0.2) is 4.68 Å². The average Bonchev–Trinajstić information content (AvgIpc) is 2.99. The van der Waals surface area contributed by atoms with E-state index in [9.17, 15) is 0 Å². The molecule has 0 fully saturated rings. The molecule has 0 aliphatic carbocycles. The molecule has 0 unspecified atom stereocenters. The minimum Gasteiger partial charge on any atom is -0.494 e. The van der Waals surface area contributed by atoms with Gasteiger partial charge in [0, 0.05) is 12.1 Å². The van der Waals surface area contributed by atoms with Crippen LogP contribution in [0.1, 0.15) is 11.3 Å². The Morgan fingerprint density at radius 3 is 2.59 bits per heavy atom. The fraction of sp³-hybridized carbons (Fsp3) is 0.176. The highest BCUT2D eigenvalue weighted by Crippen LogP contribution is 2.30. The lowest BCUT2D eigenvalue weighted by Crippen LogP contribution is -2.04. The van der Waals surface area contributed by atoms with E-state index in [0.29, 0.717) is 6.54 Å². The topological polar surface area (TPSA) is 66.0 Å². The molecular weight excluding hydrogens is 276 g/mol. The van der Waals surface area contributed by atoms with E-state index in [1.807, 2.05) is 55.5 Å². The SMILES string of the molecule is COc1ccc(C)cc1-n1nnc(CN)c1-c1ccccc1. The molecule has 1 aromatic heterocycles. The highest BCUT2D eigenvalue weighted by atomic mass is 16.5. The van der Waals surface area contributed by atoms with Gasteiger partial charge in [0.05, 0.1) is 12.8 Å². The van der Waals surface area contributed by atoms with Gasteiger partial charge in [-0.1, -0.05) is 41.6 Å². The van der Waals surface area contributed by atoms with Crippen LogP contribution in [0.4, 0.5) is 0 Å². The molecule has 0 bridgehead atoms. The van der Waals surface area contributed by atoms with Crippen molar-refractivity contribution in [3.05, 3.63) is 59.8 Å². The summed E-state index contributed by atoms with van der Waals surface area (Å²) in [7, 11) is 1.65. The molecule has 0 atom stereocenters. The molecule has 0 aliphatic heterocycles. The Hall–Kier alpha value is -2.66. The number of ether oxygens (including phenoxy) is 1. The Morgan fingerprint density at radius 2 is 1.91 bits per heavy atom. The van der Waals surface area contributed by atoms with E-state index in [2.05, 4.69) is 10.3 Å². The normalized spacial score (nSPS) is 10.7. The fourth-order valence-electron chi connectivity index (χ4n) is 2.47. The van der Waals surface area contributed by atoms with Crippen LogP contribution in [0.25, 0.3) is 16.9 Å². The minimum absolute atomic E-state index is 0.332. The number of aryl methyl sites for hydroxylation is 1. The lowest BCUT2D eigenvalue weighted by Gasteiger charge is -2.12. The quantitative estimate of drug-likeness (QED) is 0.803. The second kappa shape index (κ2) is 5.99. The first kappa shape index (κ1) is 14.3. The van der Waals surface area contributed by atoms with Crippen molar-refractivity contribution in [3.63, 3.8) is 0 Å². The maximum absolute atomic E-state index is 5.83. The molecule has 5 heteroatoms. The number of nitrogens with two attached hydrogens (primary N) is 1. The lowest BCUT2D eigenvalue weighted by atomic mass is 10.1. The summed E-state index contributed by atoms with van der Waals surface area (Å²) < 4.78 is 7.26. The molecule has 3 rings (SSSR count). The number of methoxy groups -OCH3 is 1. The van der Waals surface area contributed by atoms with Crippen LogP contribution in [-0.2, 0) is 6.54 Å². The second-order valence-electron chi connectivity index (χ2n) is 5.04. The van der Waals surface area contributed by atoms with Gasteiger partial charge in [0.1, 0.15) is 17.1 Å². The third-order valence-corrected chi connectivity index (χ3v) is 3.54. The summed E-state index contributed by atoms with van der Waals surface area (Å²) in [6.07, 6.45) is 0. The Bertz CT molecular complexity index is 781. The third kappa shape index (κ3) is 2.46. The molecule has 1 heterocycles. The van der Waals surface area contributed by atoms with Crippen LogP contribution in [0.15, 0.2) is 48.5 Å². The molecule has 0 saturated heterocycles. The molecule has 112 valence electrons. The number of rotatable bonds is 4. The summed E-state index contributed by atoms with van der Waals surface area (Å²) in [5.74, 6) is 0.747. The highest BCUT2D eigenvalue weighted by molar-refractivity contribution is 5.65. The van der Waals surface area contributed by atoms with E-state index in [4.69, 9.17) is 10.5 Å². The van der Waals surface area contributed by atoms with Crippen molar-refractivity contribution >= 4 is 0 Å². The fourth-order valence-corrected chi connectivity index (χ4v) is 2.47. The Kier molecular flexibility index (Phi) is 3.89. The largest absolute Gasteiger partial charge is 0.494 e. The van der Waals surface area contributed by atoms with E-state index in [0.717, 1.165) is 34.0 Å². The van der Waals surface area contributed by atoms with Crippen LogP contribution in [-0.4, -0.2) is 22.1 Å². The first-order chi connectivity index (χ1) is 10.7. The van der Waals surface area contributed by atoms with Gasteiger partial charge in [0.2, 0.25) is 0 Å². The van der Waals surface area contributed by atoms with E-state index < -0.39 is 0 Å². The van der Waals surface area contributed by atoms with Crippen LogP contribution in [0, 0.1) is 6.92 Å². The van der Waals surface area contributed by atoms with E-state index >= 15 is 0 Å². The van der Waals surface area contributed by atoms with Gasteiger partial charge in [-0.2, -0.15) is 0 Å². The molecule has 0 spiro atoms. The standard InChI is InChI=1S/C17H18N4O/c1-12-8-9-16(22-2)15(10-12)21-17(14(11-18)19-20-21)13-6-4-3-5-7-13/h3-10H,11,18H2,1-2H3. The number of benzene rings is 2. The van der Waals surface area contributed by atoms with Crippen molar-refractivity contribution in [2.75, 3.05) is 7.11 Å². The van der Waals surface area contributed by atoms with Gasteiger partial charge in [-0.05, 0) is 24.6 Å². The zero-order chi connectivity index (χ0) is 15.5. The summed E-state index contributed by atoms with van der Waals surface area (Å²) in [5.41, 5.74) is 10.5. The van der Waals surface area contributed by atoms with Crippen molar-refractivity contribution in [2.24, 2.45) is 5.73 Å². The zero-order valence-corrected chi connectivity index (χ0v) is 12.7. The molecule has 0 radical (unpaired) electrons. The molecule has 3 aromatic rings. The summed E-state index contributed by atoms with van der Waals surface area (Å²) in [5, 5.41) is 8.51. The highest BCUT2D eigenvalue weighted by Gasteiger charge is 2.17. The molecule has 22 heavy (non-hydrogen) atoms. The third-order valence-electron chi connectivity index (χ3n) is 3.54. The Morgan fingerprint density at radius 1 is 1.14 bits per heavy atom. The van der Waals surface area contributed by atoms with Gasteiger partial charge in [0.25, 0.3) is 0 Å². The van der Waals surface area contributed by atoms with Gasteiger partial charge in [0.15, 0.2) is 0 Å². The molecule has 0 saturated carbocycles. The molecular formula is C17H18N4O. The lowest BCUT2D eigenvalue weighted by molar-refractivity contribution is 0.411. The first-order valence-corrected chi connectivity index (χ1v) is 7.09. The summed E-state index contributed by atoms with van der Waals surface area (Å²) in [4.78, 5) is 0. The monoisotopic (exact) mass is 294 g/mol. The van der Waals surface area contributed by atoms with Crippen molar-refractivity contribution < 1.29 is 4.74 Å². The number of hydrogen-bond donors (Lipinski definition) is 1. The van der Waals surface area contributed by atoms with Crippen LogP contribution in [0.3, 0.4) is 0 Å². The predicted molar refractivity (Wildman–Crippen MR) is 86.0 cm³/mol. The van der Waals surface area contributed by atoms with Crippen LogP contribution < -0.4 is 10.5 Å². The van der Waals surface area contributed by atoms with E-state index in [-0.39, 0.29) is 0 Å². The molecule has 2 aromatic carbocycles. The van der Waals surface area contributed by atoms with Gasteiger partial charge < -0.3 is 10.5 Å². The maximum atomic E-state index is 5.83. The maximum Gasteiger partial charge on any atom is 0.144 e. The van der Waals surface area contributed by atoms with Crippen molar-refractivity contribution in [2.45, 2.75) is 13.5 Å². The van der Waals surface area contributed by atoms with Gasteiger partial charge >= 0.3 is 0 Å². The first-order valence-electron chi connectivity index (χ1n) is 7.09. The molecule has 0 aliphatic rings. The number of nitrogens with zero attached hydrogens (tertiary/aromatic N) is 3.